The molecule has 3 heteroatoms. The number of rotatable bonds is 1. The second-order valence-electron chi connectivity index (χ2n) is 5.89. The quantitative estimate of drug-likeness (QED) is 0.736. The fraction of sp³-hybridized carbons (Fsp3) is 0.375. The molecule has 0 aromatic heterocycles. The second kappa shape index (κ2) is 5.04. The third-order valence-electron chi connectivity index (χ3n) is 3.41. The number of allylic oxidation sites excluding steroid dienone is 2. The van der Waals surface area contributed by atoms with Crippen LogP contribution in [0.15, 0.2) is 34.8 Å². The van der Waals surface area contributed by atoms with Crippen molar-refractivity contribution in [3.05, 3.63) is 46.0 Å². The molecule has 0 N–H and O–H groups in total. The molecular formula is C16H17BrO2. The Labute approximate surface area is 122 Å². The maximum Gasteiger partial charge on any atom is 0.184 e. The van der Waals surface area contributed by atoms with Gasteiger partial charge in [0.1, 0.15) is 5.92 Å². The number of benzene rings is 1. The van der Waals surface area contributed by atoms with Gasteiger partial charge in [0.2, 0.25) is 0 Å². The molecule has 0 aliphatic heterocycles. The van der Waals surface area contributed by atoms with Crippen LogP contribution in [0.1, 0.15) is 44.2 Å². The number of Topliss-reactive ketones (excluding diaryl/α,β-unsaturated/α-hetero) is 2. The molecule has 2 rings (SSSR count). The van der Waals surface area contributed by atoms with E-state index in [1.165, 1.54) is 5.56 Å². The third kappa shape index (κ3) is 2.86. The van der Waals surface area contributed by atoms with Gasteiger partial charge in [-0.05, 0) is 32.5 Å². The van der Waals surface area contributed by atoms with Crippen molar-refractivity contribution in [2.45, 2.75) is 38.5 Å². The van der Waals surface area contributed by atoms with E-state index in [4.69, 9.17) is 0 Å². The number of hydrogen-bond donors (Lipinski definition) is 0. The summed E-state index contributed by atoms with van der Waals surface area (Å²) < 4.78 is 0.511. The Morgan fingerprint density at radius 2 is 1.68 bits per heavy atom. The Kier molecular flexibility index (Phi) is 3.77. The maximum atomic E-state index is 12.1. The minimum Gasteiger partial charge on any atom is -0.298 e. The second-order valence-corrected chi connectivity index (χ2v) is 6.75. The molecule has 1 atom stereocenters. The Balaban J connectivity index is 2.35. The first-order chi connectivity index (χ1) is 8.80. The van der Waals surface area contributed by atoms with Crippen LogP contribution in [-0.4, -0.2) is 11.6 Å². The lowest BCUT2D eigenvalue weighted by molar-refractivity contribution is -0.127. The van der Waals surface area contributed by atoms with Gasteiger partial charge in [-0.1, -0.05) is 51.1 Å². The average molecular weight is 321 g/mol. The lowest BCUT2D eigenvalue weighted by atomic mass is 9.82. The van der Waals surface area contributed by atoms with E-state index in [0.717, 1.165) is 5.56 Å². The first kappa shape index (κ1) is 14.2. The monoisotopic (exact) mass is 320 g/mol. The molecule has 0 amide bonds. The van der Waals surface area contributed by atoms with Gasteiger partial charge in [0, 0.05) is 6.42 Å². The summed E-state index contributed by atoms with van der Waals surface area (Å²) in [5.41, 5.74) is 2.05. The third-order valence-corrected chi connectivity index (χ3v) is 4.13. The fourth-order valence-corrected chi connectivity index (χ4v) is 2.60. The van der Waals surface area contributed by atoms with Gasteiger partial charge in [-0.2, -0.15) is 0 Å². The molecule has 0 saturated carbocycles. The summed E-state index contributed by atoms with van der Waals surface area (Å²) in [7, 11) is 0. The molecular weight excluding hydrogens is 304 g/mol. The minimum atomic E-state index is -0.645. The van der Waals surface area contributed by atoms with Crippen molar-refractivity contribution in [1.29, 1.82) is 0 Å². The van der Waals surface area contributed by atoms with E-state index < -0.39 is 5.92 Å². The topological polar surface area (TPSA) is 34.1 Å². The SMILES string of the molecule is CC(C)(C)c1ccc(C2C(=O)CC=C(Br)C2=O)cc1. The zero-order valence-corrected chi connectivity index (χ0v) is 13.0. The Morgan fingerprint density at radius 3 is 2.21 bits per heavy atom. The van der Waals surface area contributed by atoms with E-state index in [1.807, 2.05) is 24.3 Å². The standard InChI is InChI=1S/C16H17BrO2/c1-16(2,3)11-6-4-10(5-7-11)14-13(18)9-8-12(17)15(14)19/h4-8,14H,9H2,1-3H3. The van der Waals surface area contributed by atoms with Crippen molar-refractivity contribution < 1.29 is 9.59 Å². The number of halogens is 1. The molecule has 19 heavy (non-hydrogen) atoms. The predicted octanol–water partition coefficient (Wildman–Crippen LogP) is 3.89. The van der Waals surface area contributed by atoms with Crippen LogP contribution in [0.3, 0.4) is 0 Å². The molecule has 0 bridgehead atoms. The summed E-state index contributed by atoms with van der Waals surface area (Å²) in [6.07, 6.45) is 1.96. The summed E-state index contributed by atoms with van der Waals surface area (Å²) in [4.78, 5) is 24.0. The number of carbonyl (C=O) groups excluding carboxylic acids is 2. The van der Waals surface area contributed by atoms with Crippen LogP contribution in [0.25, 0.3) is 0 Å². The predicted molar refractivity (Wildman–Crippen MR) is 79.5 cm³/mol. The first-order valence-corrected chi connectivity index (χ1v) is 7.13. The van der Waals surface area contributed by atoms with E-state index in [1.54, 1.807) is 6.08 Å². The van der Waals surface area contributed by atoms with Gasteiger partial charge in [0.15, 0.2) is 11.6 Å². The van der Waals surface area contributed by atoms with E-state index in [0.29, 0.717) is 10.9 Å². The lowest BCUT2D eigenvalue weighted by Gasteiger charge is -2.22. The van der Waals surface area contributed by atoms with Gasteiger partial charge in [0.25, 0.3) is 0 Å². The largest absolute Gasteiger partial charge is 0.298 e. The van der Waals surface area contributed by atoms with E-state index in [-0.39, 0.29) is 17.0 Å². The number of carbonyl (C=O) groups is 2. The van der Waals surface area contributed by atoms with Crippen molar-refractivity contribution in [3.8, 4) is 0 Å². The van der Waals surface area contributed by atoms with Crippen LogP contribution in [-0.2, 0) is 15.0 Å². The van der Waals surface area contributed by atoms with E-state index in [9.17, 15) is 9.59 Å². The van der Waals surface area contributed by atoms with Crippen molar-refractivity contribution >= 4 is 27.5 Å². The molecule has 1 aliphatic carbocycles. The van der Waals surface area contributed by atoms with Gasteiger partial charge in [-0.3, -0.25) is 9.59 Å². The molecule has 2 nitrogen and oxygen atoms in total. The summed E-state index contributed by atoms with van der Waals surface area (Å²) in [6.45, 7) is 6.41. The molecule has 0 spiro atoms. The normalized spacial score (nSPS) is 20.4. The van der Waals surface area contributed by atoms with E-state index >= 15 is 0 Å². The van der Waals surface area contributed by atoms with Gasteiger partial charge in [-0.25, -0.2) is 0 Å². The van der Waals surface area contributed by atoms with Crippen LogP contribution < -0.4 is 0 Å². The fourth-order valence-electron chi connectivity index (χ4n) is 2.21. The summed E-state index contributed by atoms with van der Waals surface area (Å²) in [5.74, 6) is -0.815. The molecule has 1 unspecified atom stereocenters. The highest BCUT2D eigenvalue weighted by molar-refractivity contribution is 9.12. The van der Waals surface area contributed by atoms with Crippen molar-refractivity contribution in [1.82, 2.24) is 0 Å². The van der Waals surface area contributed by atoms with Gasteiger partial charge in [0.05, 0.1) is 4.48 Å². The highest BCUT2D eigenvalue weighted by atomic mass is 79.9. The van der Waals surface area contributed by atoms with Crippen molar-refractivity contribution in [3.63, 3.8) is 0 Å². The molecule has 0 saturated heterocycles. The lowest BCUT2D eigenvalue weighted by Crippen LogP contribution is -2.25. The van der Waals surface area contributed by atoms with Crippen molar-refractivity contribution in [2.75, 3.05) is 0 Å². The zero-order valence-electron chi connectivity index (χ0n) is 11.4. The van der Waals surface area contributed by atoms with Crippen LogP contribution in [0, 0.1) is 0 Å². The summed E-state index contributed by atoms with van der Waals surface area (Å²) >= 11 is 3.22. The van der Waals surface area contributed by atoms with Gasteiger partial charge in [-0.15, -0.1) is 0 Å². The smallest absolute Gasteiger partial charge is 0.184 e. The molecule has 1 aliphatic rings. The summed E-state index contributed by atoms with van der Waals surface area (Å²) in [6, 6.07) is 7.80. The Morgan fingerprint density at radius 1 is 1.11 bits per heavy atom. The summed E-state index contributed by atoms with van der Waals surface area (Å²) in [5, 5.41) is 0. The zero-order chi connectivity index (χ0) is 14.2. The maximum absolute atomic E-state index is 12.1. The van der Waals surface area contributed by atoms with Crippen LogP contribution in [0.4, 0.5) is 0 Å². The van der Waals surface area contributed by atoms with E-state index in [2.05, 4.69) is 36.7 Å². The molecule has 1 aromatic rings. The highest BCUT2D eigenvalue weighted by Gasteiger charge is 2.32. The number of hydrogen-bond acceptors (Lipinski definition) is 2. The molecule has 0 radical (unpaired) electrons. The molecule has 0 heterocycles. The first-order valence-electron chi connectivity index (χ1n) is 6.34. The minimum absolute atomic E-state index is 0.0308. The number of ketones is 2. The average Bonchev–Trinajstić information content (AvgIpc) is 2.34. The van der Waals surface area contributed by atoms with Crippen LogP contribution >= 0.6 is 15.9 Å². The van der Waals surface area contributed by atoms with Crippen LogP contribution in [0.5, 0.6) is 0 Å². The molecule has 100 valence electrons. The Bertz CT molecular complexity index is 547. The Hall–Kier alpha value is -1.22. The molecule has 0 fully saturated rings. The highest BCUT2D eigenvalue weighted by Crippen LogP contribution is 2.31. The van der Waals surface area contributed by atoms with Gasteiger partial charge < -0.3 is 0 Å². The van der Waals surface area contributed by atoms with Gasteiger partial charge >= 0.3 is 0 Å². The van der Waals surface area contributed by atoms with Crippen LogP contribution in [0.2, 0.25) is 0 Å². The molecule has 1 aromatic carbocycles. The van der Waals surface area contributed by atoms with Crippen molar-refractivity contribution in [2.24, 2.45) is 0 Å².